The number of carbonyl (C=O) groups is 1. The van der Waals surface area contributed by atoms with E-state index >= 15 is 0 Å². The van der Waals surface area contributed by atoms with Gasteiger partial charge < -0.3 is 19.2 Å². The van der Waals surface area contributed by atoms with Crippen molar-refractivity contribution < 1.29 is 18.7 Å². The quantitative estimate of drug-likeness (QED) is 0.422. The van der Waals surface area contributed by atoms with Crippen LogP contribution in [0.1, 0.15) is 18.9 Å². The van der Waals surface area contributed by atoms with Gasteiger partial charge in [-0.05, 0) is 37.1 Å². The van der Waals surface area contributed by atoms with Crippen molar-refractivity contribution in [3.8, 4) is 16.9 Å². The molecule has 1 N–H and O–H groups in total. The Bertz CT molecular complexity index is 1080. The van der Waals surface area contributed by atoms with Crippen LogP contribution in [0.15, 0.2) is 59.2 Å². The second-order valence-corrected chi connectivity index (χ2v) is 7.99. The molecule has 4 rings (SSSR count). The number of rotatable bonds is 8. The predicted molar refractivity (Wildman–Crippen MR) is 127 cm³/mol. The molecule has 1 amide bonds. The van der Waals surface area contributed by atoms with E-state index in [9.17, 15) is 4.79 Å². The number of amides is 1. The summed E-state index contributed by atoms with van der Waals surface area (Å²) in [4.78, 5) is 14.9. The summed E-state index contributed by atoms with van der Waals surface area (Å²) < 4.78 is 16.7. The van der Waals surface area contributed by atoms with Crippen LogP contribution < -0.4 is 10.1 Å². The smallest absolute Gasteiger partial charge is 0.244 e. The molecule has 1 aliphatic rings. The molecule has 0 spiro atoms. The van der Waals surface area contributed by atoms with Crippen LogP contribution in [0.5, 0.6) is 5.75 Å². The average Bonchev–Trinajstić information content (AvgIpc) is 3.25. The van der Waals surface area contributed by atoms with E-state index in [4.69, 9.17) is 13.9 Å². The second kappa shape index (κ2) is 10.5. The molecule has 168 valence electrons. The Morgan fingerprint density at radius 2 is 1.97 bits per heavy atom. The maximum atomic E-state index is 12.5. The number of fused-ring (bicyclic) bond motifs is 1. The van der Waals surface area contributed by atoms with Crippen molar-refractivity contribution in [3.63, 3.8) is 0 Å². The number of benzene rings is 2. The molecule has 1 aliphatic heterocycles. The zero-order valence-electron chi connectivity index (χ0n) is 18.7. The Hall–Kier alpha value is -3.09. The summed E-state index contributed by atoms with van der Waals surface area (Å²) in [5.41, 5.74) is 4.58. The first kappa shape index (κ1) is 22.1. The average molecular weight is 435 g/mol. The van der Waals surface area contributed by atoms with E-state index < -0.39 is 0 Å². The molecule has 0 saturated carbocycles. The summed E-state index contributed by atoms with van der Waals surface area (Å²) in [5.74, 6) is 0.586. The zero-order chi connectivity index (χ0) is 22.3. The summed E-state index contributed by atoms with van der Waals surface area (Å²) >= 11 is 0. The monoisotopic (exact) mass is 434 g/mol. The van der Waals surface area contributed by atoms with Crippen molar-refractivity contribution in [1.82, 2.24) is 10.2 Å². The number of furan rings is 1. The van der Waals surface area contributed by atoms with Gasteiger partial charge in [-0.3, -0.25) is 9.69 Å². The molecule has 0 radical (unpaired) electrons. The van der Waals surface area contributed by atoms with E-state index in [0.29, 0.717) is 12.3 Å². The summed E-state index contributed by atoms with van der Waals surface area (Å²) in [6.45, 7) is 7.07. The molecule has 1 aromatic heterocycles. The van der Waals surface area contributed by atoms with E-state index in [0.717, 1.165) is 72.5 Å². The molecule has 1 fully saturated rings. The lowest BCUT2D eigenvalue weighted by molar-refractivity contribution is -0.116. The molecular weight excluding hydrogens is 404 g/mol. The number of allylic oxidation sites excluding steroid dienone is 1. The van der Waals surface area contributed by atoms with E-state index in [1.807, 2.05) is 37.3 Å². The van der Waals surface area contributed by atoms with Crippen molar-refractivity contribution in [2.75, 3.05) is 46.5 Å². The van der Waals surface area contributed by atoms with Crippen molar-refractivity contribution in [2.45, 2.75) is 13.3 Å². The fraction of sp³-hybridized carbons (Fsp3) is 0.346. The molecule has 0 unspecified atom stereocenters. The van der Waals surface area contributed by atoms with E-state index in [1.54, 1.807) is 19.4 Å². The van der Waals surface area contributed by atoms with Crippen molar-refractivity contribution >= 4 is 22.4 Å². The Balaban J connectivity index is 1.47. The van der Waals surface area contributed by atoms with Crippen LogP contribution in [-0.4, -0.2) is 57.3 Å². The van der Waals surface area contributed by atoms with Gasteiger partial charge in [-0.2, -0.15) is 0 Å². The number of carbonyl (C=O) groups excluding carboxylic acids is 1. The molecule has 3 aromatic rings. The van der Waals surface area contributed by atoms with Gasteiger partial charge in [0.25, 0.3) is 0 Å². The molecule has 2 aromatic carbocycles. The fourth-order valence-corrected chi connectivity index (χ4v) is 4.04. The van der Waals surface area contributed by atoms with Gasteiger partial charge in [0.1, 0.15) is 11.3 Å². The topological polar surface area (TPSA) is 63.9 Å². The largest absolute Gasteiger partial charge is 0.496 e. The van der Waals surface area contributed by atoms with Crippen LogP contribution in [-0.2, 0) is 9.53 Å². The lowest BCUT2D eigenvalue weighted by Gasteiger charge is -2.26. The van der Waals surface area contributed by atoms with Gasteiger partial charge in [-0.25, -0.2) is 0 Å². The van der Waals surface area contributed by atoms with Gasteiger partial charge in [0.05, 0.1) is 26.6 Å². The molecule has 6 heteroatoms. The number of methoxy groups -OCH3 is 1. The maximum absolute atomic E-state index is 12.5. The van der Waals surface area contributed by atoms with E-state index in [-0.39, 0.29) is 5.91 Å². The molecule has 0 aliphatic carbocycles. The van der Waals surface area contributed by atoms with Crippen molar-refractivity contribution in [3.05, 3.63) is 60.4 Å². The first-order valence-corrected chi connectivity index (χ1v) is 11.1. The number of hydrogen-bond acceptors (Lipinski definition) is 5. The number of nitrogens with one attached hydrogen (secondary N) is 1. The first-order chi connectivity index (χ1) is 15.7. The van der Waals surface area contributed by atoms with Crippen molar-refractivity contribution in [2.24, 2.45) is 0 Å². The Labute approximate surface area is 188 Å². The molecule has 6 nitrogen and oxygen atoms in total. The number of nitrogens with zero attached hydrogens (tertiary/aromatic N) is 1. The van der Waals surface area contributed by atoms with Gasteiger partial charge in [-0.15, -0.1) is 0 Å². The summed E-state index contributed by atoms with van der Waals surface area (Å²) in [5, 5.41) is 3.99. The second-order valence-electron chi connectivity index (χ2n) is 7.99. The van der Waals surface area contributed by atoms with Crippen LogP contribution in [0.4, 0.5) is 0 Å². The van der Waals surface area contributed by atoms with Crippen LogP contribution >= 0.6 is 0 Å². The Morgan fingerprint density at radius 3 is 2.72 bits per heavy atom. The van der Waals surface area contributed by atoms with Crippen LogP contribution in [0, 0.1) is 0 Å². The third-order valence-electron chi connectivity index (χ3n) is 5.81. The minimum atomic E-state index is -0.0953. The SMILES string of the molecule is COc1cc2occ(-c3ccccc3)c2cc1/C(C)=C/C(=O)NCCCN1CCOCC1. The maximum Gasteiger partial charge on any atom is 0.244 e. The van der Waals surface area contributed by atoms with Gasteiger partial charge in [0.2, 0.25) is 5.91 Å². The van der Waals surface area contributed by atoms with E-state index in [1.165, 1.54) is 0 Å². The Morgan fingerprint density at radius 1 is 1.19 bits per heavy atom. The lowest BCUT2D eigenvalue weighted by Crippen LogP contribution is -2.38. The van der Waals surface area contributed by atoms with Gasteiger partial charge in [-0.1, -0.05) is 30.3 Å². The van der Waals surface area contributed by atoms with Gasteiger partial charge in [0.15, 0.2) is 0 Å². The zero-order valence-corrected chi connectivity index (χ0v) is 18.7. The highest BCUT2D eigenvalue weighted by Crippen LogP contribution is 2.37. The van der Waals surface area contributed by atoms with Crippen LogP contribution in [0.25, 0.3) is 27.7 Å². The highest BCUT2D eigenvalue weighted by atomic mass is 16.5. The molecule has 0 bridgehead atoms. The molecule has 2 heterocycles. The minimum Gasteiger partial charge on any atom is -0.496 e. The highest BCUT2D eigenvalue weighted by molar-refractivity contribution is 6.00. The molecule has 32 heavy (non-hydrogen) atoms. The Kier molecular flexibility index (Phi) is 7.24. The summed E-state index contributed by atoms with van der Waals surface area (Å²) in [6.07, 6.45) is 4.33. The fourth-order valence-electron chi connectivity index (χ4n) is 4.04. The van der Waals surface area contributed by atoms with Crippen LogP contribution in [0.2, 0.25) is 0 Å². The minimum absolute atomic E-state index is 0.0953. The standard InChI is InChI=1S/C26H30N2O4/c1-19(15-26(29)27-9-6-10-28-11-13-31-14-12-28)21-16-22-23(20-7-4-3-5-8-20)18-32-25(22)17-24(21)30-2/h3-5,7-8,15-18H,6,9-14H2,1-2H3,(H,27,29)/b19-15+. The summed E-state index contributed by atoms with van der Waals surface area (Å²) in [6, 6.07) is 14.0. The van der Waals surface area contributed by atoms with Crippen molar-refractivity contribution in [1.29, 1.82) is 0 Å². The number of hydrogen-bond donors (Lipinski definition) is 1. The normalized spacial score (nSPS) is 15.1. The third kappa shape index (κ3) is 5.21. The number of morpholine rings is 1. The summed E-state index contributed by atoms with van der Waals surface area (Å²) in [7, 11) is 1.63. The number of ether oxygens (including phenoxy) is 2. The van der Waals surface area contributed by atoms with E-state index in [2.05, 4.69) is 22.3 Å². The lowest BCUT2D eigenvalue weighted by atomic mass is 9.99. The molecule has 0 atom stereocenters. The predicted octanol–water partition coefficient (Wildman–Crippen LogP) is 4.35. The molecular formula is C26H30N2O4. The van der Waals surface area contributed by atoms with Gasteiger partial charge >= 0.3 is 0 Å². The first-order valence-electron chi connectivity index (χ1n) is 11.1. The molecule has 1 saturated heterocycles. The highest BCUT2D eigenvalue weighted by Gasteiger charge is 2.15. The third-order valence-corrected chi connectivity index (χ3v) is 5.81. The van der Waals surface area contributed by atoms with Crippen LogP contribution in [0.3, 0.4) is 0 Å². The van der Waals surface area contributed by atoms with Gasteiger partial charge in [0, 0.05) is 48.3 Å².